The van der Waals surface area contributed by atoms with Crippen molar-refractivity contribution in [3.8, 4) is 5.75 Å². The molecule has 5 nitrogen and oxygen atoms in total. The third kappa shape index (κ3) is 3.47. The lowest BCUT2D eigenvalue weighted by molar-refractivity contribution is 0.0925. The fourth-order valence-electron chi connectivity index (χ4n) is 3.68. The number of hydrogen-bond donors (Lipinski definition) is 2. The highest BCUT2D eigenvalue weighted by atomic mass is 19.1. The fraction of sp³-hybridized carbons (Fsp3) is 0.238. The molecule has 0 unspecified atom stereocenters. The number of nitrogens with zero attached hydrogens (tertiary/aromatic N) is 2. The summed E-state index contributed by atoms with van der Waals surface area (Å²) in [6, 6.07) is 10.9. The normalized spacial score (nSPS) is 15.9. The van der Waals surface area contributed by atoms with Gasteiger partial charge in [-0.1, -0.05) is 30.3 Å². The van der Waals surface area contributed by atoms with Crippen molar-refractivity contribution in [2.75, 3.05) is 0 Å². The van der Waals surface area contributed by atoms with Crippen molar-refractivity contribution >= 4 is 5.91 Å². The van der Waals surface area contributed by atoms with Crippen molar-refractivity contribution in [1.29, 1.82) is 0 Å². The zero-order valence-electron chi connectivity index (χ0n) is 15.0. The van der Waals surface area contributed by atoms with Gasteiger partial charge in [0.15, 0.2) is 0 Å². The molecule has 0 saturated carbocycles. The molecule has 7 heteroatoms. The number of carbonyl (C=O) groups excluding carboxylic acids is 1. The van der Waals surface area contributed by atoms with Crippen molar-refractivity contribution < 1.29 is 18.7 Å². The minimum atomic E-state index is -1.09. The van der Waals surface area contributed by atoms with Crippen LogP contribution >= 0.6 is 0 Å². The molecule has 1 aliphatic carbocycles. The molecule has 2 aromatic carbocycles. The van der Waals surface area contributed by atoms with Crippen molar-refractivity contribution in [2.45, 2.75) is 31.8 Å². The van der Waals surface area contributed by atoms with E-state index in [1.54, 1.807) is 6.20 Å². The number of benzene rings is 2. The first-order chi connectivity index (χ1) is 13.5. The Morgan fingerprint density at radius 3 is 2.79 bits per heavy atom. The predicted molar refractivity (Wildman–Crippen MR) is 98.9 cm³/mol. The van der Waals surface area contributed by atoms with Gasteiger partial charge in [-0.3, -0.25) is 9.48 Å². The topological polar surface area (TPSA) is 67.2 Å². The number of halogens is 2. The molecule has 1 heterocycles. The summed E-state index contributed by atoms with van der Waals surface area (Å²) in [5.74, 6) is -3.52. The number of phenols is 1. The summed E-state index contributed by atoms with van der Waals surface area (Å²) < 4.78 is 29.1. The molecule has 2 N–H and O–H groups in total. The monoisotopic (exact) mass is 383 g/mol. The van der Waals surface area contributed by atoms with E-state index in [0.29, 0.717) is 19.0 Å². The molecule has 0 radical (unpaired) electrons. The average Bonchev–Trinajstić information content (AvgIpc) is 3.06. The van der Waals surface area contributed by atoms with Crippen molar-refractivity contribution in [3.63, 3.8) is 0 Å². The Bertz CT molecular complexity index is 995. The van der Waals surface area contributed by atoms with Crippen LogP contribution in [0.2, 0.25) is 0 Å². The van der Waals surface area contributed by atoms with Crippen LogP contribution in [0.15, 0.2) is 48.7 Å². The highest BCUT2D eigenvalue weighted by molar-refractivity contribution is 5.97. The van der Waals surface area contributed by atoms with Gasteiger partial charge in [-0.25, -0.2) is 8.78 Å². The molecule has 0 bridgehead atoms. The number of aromatic nitrogens is 2. The van der Waals surface area contributed by atoms with Crippen molar-refractivity contribution in [1.82, 2.24) is 15.1 Å². The standard InChI is InChI=1S/C21H19F2N3O2/c22-14-9-16(23)20(19(27)10-14)21(28)25-17-7-4-8-18-15(17)11-24-26(18)12-13-5-2-1-3-6-13/h1-3,5-6,9-11,17,27H,4,7-8,12H2,(H,25,28)/t17-/m1/s1. The number of carbonyl (C=O) groups is 1. The third-order valence-corrected chi connectivity index (χ3v) is 5.00. The Hall–Kier alpha value is -3.22. The van der Waals surface area contributed by atoms with Crippen LogP contribution in [0.1, 0.15) is 46.1 Å². The third-order valence-electron chi connectivity index (χ3n) is 5.00. The Labute approximate surface area is 160 Å². The van der Waals surface area contributed by atoms with Gasteiger partial charge in [-0.05, 0) is 24.8 Å². The summed E-state index contributed by atoms with van der Waals surface area (Å²) in [6.07, 6.45) is 4.09. The summed E-state index contributed by atoms with van der Waals surface area (Å²) >= 11 is 0. The molecule has 0 fully saturated rings. The van der Waals surface area contributed by atoms with E-state index in [-0.39, 0.29) is 6.04 Å². The highest BCUT2D eigenvalue weighted by Gasteiger charge is 2.28. The second-order valence-corrected chi connectivity index (χ2v) is 6.89. The molecule has 0 spiro atoms. The van der Waals surface area contributed by atoms with E-state index >= 15 is 0 Å². The van der Waals surface area contributed by atoms with Gasteiger partial charge in [0.1, 0.15) is 22.9 Å². The molecule has 1 atom stereocenters. The van der Waals surface area contributed by atoms with Gasteiger partial charge in [0.2, 0.25) is 0 Å². The summed E-state index contributed by atoms with van der Waals surface area (Å²) in [5.41, 5.74) is 2.49. The van der Waals surface area contributed by atoms with Crippen molar-refractivity contribution in [3.05, 3.63) is 82.7 Å². The van der Waals surface area contributed by atoms with Gasteiger partial charge < -0.3 is 10.4 Å². The zero-order chi connectivity index (χ0) is 19.7. The molecule has 4 rings (SSSR count). The first-order valence-electron chi connectivity index (χ1n) is 9.10. The molecule has 0 saturated heterocycles. The van der Waals surface area contributed by atoms with E-state index in [2.05, 4.69) is 10.4 Å². The van der Waals surface area contributed by atoms with Crippen molar-refractivity contribution in [2.24, 2.45) is 0 Å². The Balaban J connectivity index is 1.57. The van der Waals surface area contributed by atoms with E-state index in [1.165, 1.54) is 0 Å². The zero-order valence-corrected chi connectivity index (χ0v) is 15.0. The number of aromatic hydroxyl groups is 1. The molecule has 0 aliphatic heterocycles. The van der Waals surface area contributed by atoms with Gasteiger partial charge in [-0.2, -0.15) is 5.10 Å². The Kier molecular flexibility index (Phi) is 4.81. The van der Waals surface area contributed by atoms with E-state index in [4.69, 9.17) is 0 Å². The quantitative estimate of drug-likeness (QED) is 0.722. The van der Waals surface area contributed by atoms with Gasteiger partial charge >= 0.3 is 0 Å². The van der Waals surface area contributed by atoms with Gasteiger partial charge in [0.05, 0.1) is 18.8 Å². The lowest BCUT2D eigenvalue weighted by Gasteiger charge is -2.24. The number of amides is 1. The van der Waals surface area contributed by atoms with Crippen LogP contribution in [-0.2, 0) is 13.0 Å². The largest absolute Gasteiger partial charge is 0.507 e. The molecular weight excluding hydrogens is 364 g/mol. The minimum Gasteiger partial charge on any atom is -0.507 e. The van der Waals surface area contributed by atoms with Crippen LogP contribution in [0.4, 0.5) is 8.78 Å². The second kappa shape index (κ2) is 7.42. The van der Waals surface area contributed by atoms with E-state index in [1.807, 2.05) is 35.0 Å². The summed E-state index contributed by atoms with van der Waals surface area (Å²) in [4.78, 5) is 12.5. The van der Waals surface area contributed by atoms with E-state index in [9.17, 15) is 18.7 Å². The SMILES string of the molecule is O=C(N[C@@H]1CCCc2c1cnn2Cc1ccccc1)c1c(O)cc(F)cc1F. The molecule has 144 valence electrons. The molecule has 1 aromatic heterocycles. The van der Waals surface area contributed by atoms with Crippen LogP contribution in [0.25, 0.3) is 0 Å². The number of hydrogen-bond acceptors (Lipinski definition) is 3. The van der Waals surface area contributed by atoms with Crippen LogP contribution in [0, 0.1) is 11.6 Å². The van der Waals surface area contributed by atoms with Crippen LogP contribution in [0.3, 0.4) is 0 Å². The predicted octanol–water partition coefficient (Wildman–Crippen LogP) is 3.72. The average molecular weight is 383 g/mol. The molecule has 3 aromatic rings. The van der Waals surface area contributed by atoms with Crippen LogP contribution in [0.5, 0.6) is 5.75 Å². The number of rotatable bonds is 4. The molecular formula is C21H19F2N3O2. The summed E-state index contributed by atoms with van der Waals surface area (Å²) in [7, 11) is 0. The maximum atomic E-state index is 14.0. The van der Waals surface area contributed by atoms with Crippen LogP contribution < -0.4 is 5.32 Å². The first-order valence-corrected chi connectivity index (χ1v) is 9.10. The van der Waals surface area contributed by atoms with E-state index in [0.717, 1.165) is 35.7 Å². The number of phenolic OH excluding ortho intramolecular Hbond substituents is 1. The Morgan fingerprint density at radius 1 is 1.25 bits per heavy atom. The summed E-state index contributed by atoms with van der Waals surface area (Å²) in [5, 5.41) is 17.0. The Morgan fingerprint density at radius 2 is 2.04 bits per heavy atom. The molecule has 1 aliphatic rings. The highest BCUT2D eigenvalue weighted by Crippen LogP contribution is 2.31. The lowest BCUT2D eigenvalue weighted by Crippen LogP contribution is -2.31. The molecule has 28 heavy (non-hydrogen) atoms. The first kappa shape index (κ1) is 18.2. The van der Waals surface area contributed by atoms with Gasteiger partial charge in [-0.15, -0.1) is 0 Å². The lowest BCUT2D eigenvalue weighted by atomic mass is 9.92. The van der Waals surface area contributed by atoms with Gasteiger partial charge in [0, 0.05) is 23.4 Å². The van der Waals surface area contributed by atoms with Gasteiger partial charge in [0.25, 0.3) is 5.91 Å². The number of fused-ring (bicyclic) bond motifs is 1. The summed E-state index contributed by atoms with van der Waals surface area (Å²) in [6.45, 7) is 0.629. The van der Waals surface area contributed by atoms with E-state index < -0.39 is 28.9 Å². The second-order valence-electron chi connectivity index (χ2n) is 6.89. The smallest absolute Gasteiger partial charge is 0.258 e. The number of nitrogens with one attached hydrogen (secondary N) is 1. The maximum Gasteiger partial charge on any atom is 0.258 e. The fourth-order valence-corrected chi connectivity index (χ4v) is 3.68. The molecule has 1 amide bonds. The maximum absolute atomic E-state index is 14.0. The minimum absolute atomic E-state index is 0.343. The van der Waals surface area contributed by atoms with Crippen LogP contribution in [-0.4, -0.2) is 20.8 Å².